The number of nitrogens with two attached hydrogens (primary N) is 1. The fraction of sp³-hybridized carbons (Fsp3) is 0.909. The lowest BCUT2D eigenvalue weighted by Crippen LogP contribution is -2.54. The van der Waals surface area contributed by atoms with Gasteiger partial charge in [-0.15, -0.1) is 0 Å². The van der Waals surface area contributed by atoms with Gasteiger partial charge in [0.05, 0.1) is 31.8 Å². The molecule has 0 bridgehead atoms. The minimum absolute atomic E-state index is 0.00868. The molecule has 0 radical (unpaired) electrons. The van der Waals surface area contributed by atoms with E-state index in [0.717, 1.165) is 0 Å². The largest absolute Gasteiger partial charge is 0.380 e. The molecule has 0 spiro atoms. The molecular formula is C11H20N2O3. The summed E-state index contributed by atoms with van der Waals surface area (Å²) in [6.07, 6.45) is 0. The molecule has 16 heavy (non-hydrogen) atoms. The van der Waals surface area contributed by atoms with Crippen LogP contribution in [0.2, 0.25) is 0 Å². The Morgan fingerprint density at radius 3 is 2.50 bits per heavy atom. The minimum atomic E-state index is -0.582. The number of carbonyl (C=O) groups excluding carboxylic acids is 1. The molecule has 0 aromatic rings. The van der Waals surface area contributed by atoms with E-state index in [2.05, 4.69) is 12.2 Å². The number of carbonyl (C=O) groups is 1. The van der Waals surface area contributed by atoms with Crippen LogP contribution >= 0.6 is 0 Å². The van der Waals surface area contributed by atoms with E-state index < -0.39 is 5.41 Å². The van der Waals surface area contributed by atoms with Gasteiger partial charge in [0, 0.05) is 18.0 Å². The average molecular weight is 228 g/mol. The third-order valence-electron chi connectivity index (χ3n) is 3.61. The summed E-state index contributed by atoms with van der Waals surface area (Å²) in [6.45, 7) is 6.91. The highest BCUT2D eigenvalue weighted by atomic mass is 16.5. The third-order valence-corrected chi connectivity index (χ3v) is 3.61. The fourth-order valence-electron chi connectivity index (χ4n) is 1.97. The van der Waals surface area contributed by atoms with Crippen LogP contribution in [0.15, 0.2) is 0 Å². The van der Waals surface area contributed by atoms with Gasteiger partial charge >= 0.3 is 0 Å². The molecule has 0 aromatic heterocycles. The number of amides is 1. The summed E-state index contributed by atoms with van der Waals surface area (Å²) in [5, 5.41) is 2.96. The van der Waals surface area contributed by atoms with Gasteiger partial charge in [0.1, 0.15) is 0 Å². The lowest BCUT2D eigenvalue weighted by Gasteiger charge is -2.39. The van der Waals surface area contributed by atoms with Gasteiger partial charge in [-0.3, -0.25) is 4.79 Å². The second-order valence-electron chi connectivity index (χ2n) is 5.53. The maximum atomic E-state index is 12.1. The normalized spacial score (nSPS) is 36.8. The van der Waals surface area contributed by atoms with Gasteiger partial charge in [-0.05, 0) is 6.92 Å². The first kappa shape index (κ1) is 11.8. The minimum Gasteiger partial charge on any atom is -0.380 e. The molecule has 2 unspecified atom stereocenters. The van der Waals surface area contributed by atoms with Crippen LogP contribution in [0.3, 0.4) is 0 Å². The van der Waals surface area contributed by atoms with Crippen LogP contribution in [0, 0.1) is 10.8 Å². The van der Waals surface area contributed by atoms with Crippen LogP contribution in [-0.4, -0.2) is 44.9 Å². The van der Waals surface area contributed by atoms with E-state index in [9.17, 15) is 4.79 Å². The number of hydrogen-bond acceptors (Lipinski definition) is 4. The maximum absolute atomic E-state index is 12.1. The second-order valence-corrected chi connectivity index (χ2v) is 5.53. The van der Waals surface area contributed by atoms with E-state index in [-0.39, 0.29) is 17.4 Å². The van der Waals surface area contributed by atoms with Crippen molar-refractivity contribution in [2.24, 2.45) is 16.6 Å². The molecule has 2 fully saturated rings. The topological polar surface area (TPSA) is 73.6 Å². The molecule has 2 aliphatic rings. The van der Waals surface area contributed by atoms with Crippen molar-refractivity contribution in [3.63, 3.8) is 0 Å². The van der Waals surface area contributed by atoms with E-state index in [4.69, 9.17) is 15.2 Å². The predicted molar refractivity (Wildman–Crippen MR) is 58.8 cm³/mol. The first-order valence-corrected chi connectivity index (χ1v) is 5.66. The molecule has 2 rings (SSSR count). The van der Waals surface area contributed by atoms with Crippen LogP contribution in [0.1, 0.15) is 13.8 Å². The Kier molecular flexibility index (Phi) is 2.94. The van der Waals surface area contributed by atoms with Crippen LogP contribution in [0.5, 0.6) is 0 Å². The van der Waals surface area contributed by atoms with E-state index in [1.54, 1.807) is 0 Å². The number of rotatable bonds is 3. The standard InChI is InChI=1S/C11H20N2O3/c1-10(5-16-6-10)4-13-9(14)11(2)7-15-3-8(11)12/h8H,3-7,12H2,1-2H3,(H,13,14). The molecule has 2 saturated heterocycles. The first-order valence-electron chi connectivity index (χ1n) is 5.66. The zero-order valence-electron chi connectivity index (χ0n) is 9.91. The van der Waals surface area contributed by atoms with Gasteiger partial charge in [-0.25, -0.2) is 0 Å². The van der Waals surface area contributed by atoms with Gasteiger partial charge in [-0.1, -0.05) is 6.92 Å². The Labute approximate surface area is 95.7 Å². The van der Waals surface area contributed by atoms with Gasteiger partial charge < -0.3 is 20.5 Å². The summed E-state index contributed by atoms with van der Waals surface area (Å²) in [5.41, 5.74) is 5.40. The highest BCUT2D eigenvalue weighted by Gasteiger charge is 2.45. The van der Waals surface area contributed by atoms with Gasteiger partial charge in [0.25, 0.3) is 0 Å². The summed E-state index contributed by atoms with van der Waals surface area (Å²) in [7, 11) is 0. The maximum Gasteiger partial charge on any atom is 0.229 e. The van der Waals surface area contributed by atoms with Crippen molar-refractivity contribution in [3.8, 4) is 0 Å². The zero-order valence-corrected chi connectivity index (χ0v) is 9.91. The fourth-order valence-corrected chi connectivity index (χ4v) is 1.97. The van der Waals surface area contributed by atoms with Crippen LogP contribution < -0.4 is 11.1 Å². The zero-order chi connectivity index (χ0) is 11.8. The number of ether oxygens (including phenoxy) is 2. The highest BCUT2D eigenvalue weighted by Crippen LogP contribution is 2.29. The molecule has 1 amide bonds. The van der Waals surface area contributed by atoms with E-state index in [1.807, 2.05) is 6.92 Å². The molecule has 0 aliphatic carbocycles. The molecule has 2 aliphatic heterocycles. The van der Waals surface area contributed by atoms with Gasteiger partial charge in [0.2, 0.25) is 5.91 Å². The molecular weight excluding hydrogens is 208 g/mol. The van der Waals surface area contributed by atoms with Gasteiger partial charge in [0.15, 0.2) is 0 Å². The highest BCUT2D eigenvalue weighted by molar-refractivity contribution is 5.83. The monoisotopic (exact) mass is 228 g/mol. The Hall–Kier alpha value is -0.650. The van der Waals surface area contributed by atoms with Crippen molar-refractivity contribution in [2.45, 2.75) is 19.9 Å². The lowest BCUT2D eigenvalue weighted by molar-refractivity contribution is -0.135. The summed E-state index contributed by atoms with van der Waals surface area (Å²) < 4.78 is 10.4. The van der Waals surface area contributed by atoms with Crippen molar-refractivity contribution >= 4 is 5.91 Å². The van der Waals surface area contributed by atoms with Crippen molar-refractivity contribution in [1.82, 2.24) is 5.32 Å². The average Bonchev–Trinajstić information content (AvgIpc) is 2.54. The summed E-state index contributed by atoms with van der Waals surface area (Å²) in [4.78, 5) is 12.1. The molecule has 0 saturated carbocycles. The molecule has 3 N–H and O–H groups in total. The molecule has 5 nitrogen and oxygen atoms in total. The van der Waals surface area contributed by atoms with E-state index >= 15 is 0 Å². The number of nitrogens with one attached hydrogen (secondary N) is 1. The Bertz CT molecular complexity index is 291. The quantitative estimate of drug-likeness (QED) is 0.683. The summed E-state index contributed by atoms with van der Waals surface area (Å²) in [6, 6.07) is -0.210. The third kappa shape index (κ3) is 1.95. The van der Waals surface area contributed by atoms with Crippen molar-refractivity contribution in [2.75, 3.05) is 33.0 Å². The molecule has 2 atom stereocenters. The van der Waals surface area contributed by atoms with Crippen LogP contribution in [0.25, 0.3) is 0 Å². The van der Waals surface area contributed by atoms with Crippen LogP contribution in [-0.2, 0) is 14.3 Å². The van der Waals surface area contributed by atoms with Crippen molar-refractivity contribution in [1.29, 1.82) is 0 Å². The lowest BCUT2D eigenvalue weighted by atomic mass is 9.83. The first-order chi connectivity index (χ1) is 7.46. The Morgan fingerprint density at radius 1 is 1.38 bits per heavy atom. The predicted octanol–water partition coefficient (Wildman–Crippen LogP) is -0.497. The molecule has 92 valence electrons. The molecule has 2 heterocycles. The molecule has 5 heteroatoms. The van der Waals surface area contributed by atoms with E-state index in [0.29, 0.717) is 33.0 Å². The smallest absolute Gasteiger partial charge is 0.229 e. The molecule has 0 aromatic carbocycles. The number of hydrogen-bond donors (Lipinski definition) is 2. The Balaban J connectivity index is 1.87. The van der Waals surface area contributed by atoms with Crippen LogP contribution in [0.4, 0.5) is 0 Å². The SMILES string of the molecule is CC1(CNC(=O)C2(C)COCC2N)COC1. The summed E-state index contributed by atoms with van der Waals surface area (Å²) >= 11 is 0. The van der Waals surface area contributed by atoms with Gasteiger partial charge in [-0.2, -0.15) is 0 Å². The Morgan fingerprint density at radius 2 is 2.06 bits per heavy atom. The second kappa shape index (κ2) is 3.98. The van der Waals surface area contributed by atoms with Crippen molar-refractivity contribution in [3.05, 3.63) is 0 Å². The summed E-state index contributed by atoms with van der Waals surface area (Å²) in [5.74, 6) is -0.00868. The van der Waals surface area contributed by atoms with Crippen molar-refractivity contribution < 1.29 is 14.3 Å². The van der Waals surface area contributed by atoms with E-state index in [1.165, 1.54) is 0 Å².